The quantitative estimate of drug-likeness (QED) is 0.757. The van der Waals surface area contributed by atoms with Gasteiger partial charge in [-0.1, -0.05) is 30.0 Å². The molecule has 0 radical (unpaired) electrons. The lowest BCUT2D eigenvalue weighted by atomic mass is 10.2. The lowest BCUT2D eigenvalue weighted by molar-refractivity contribution is -0.120. The molecule has 1 aromatic heterocycles. The Labute approximate surface area is 157 Å². The minimum Gasteiger partial charge on any atom is -0.376 e. The molecule has 2 fully saturated rings. The summed E-state index contributed by atoms with van der Waals surface area (Å²) in [6, 6.07) is 10.1. The number of thioether (sulfide) groups is 1. The van der Waals surface area contributed by atoms with Gasteiger partial charge in [-0.2, -0.15) is 0 Å². The predicted molar refractivity (Wildman–Crippen MR) is 101 cm³/mol. The van der Waals surface area contributed by atoms with Gasteiger partial charge >= 0.3 is 0 Å². The Hall–Kier alpha value is -1.86. The first kappa shape index (κ1) is 17.5. The first-order valence-electron chi connectivity index (χ1n) is 9.29. The maximum Gasteiger partial charge on any atom is 0.233 e. The Kier molecular flexibility index (Phi) is 5.26. The summed E-state index contributed by atoms with van der Waals surface area (Å²) in [4.78, 5) is 17.1. The summed E-state index contributed by atoms with van der Waals surface area (Å²) in [6.07, 6.45) is 4.58. The van der Waals surface area contributed by atoms with E-state index >= 15 is 0 Å². The molecule has 1 aliphatic carbocycles. The molecule has 6 nitrogen and oxygen atoms in total. The third-order valence-corrected chi connectivity index (χ3v) is 5.69. The van der Waals surface area contributed by atoms with E-state index in [4.69, 9.17) is 9.72 Å². The minimum atomic E-state index is -0.241. The summed E-state index contributed by atoms with van der Waals surface area (Å²) >= 11 is 1.41. The summed E-state index contributed by atoms with van der Waals surface area (Å²) in [5, 5.41) is 8.07. The fourth-order valence-electron chi connectivity index (χ4n) is 3.09. The zero-order valence-corrected chi connectivity index (χ0v) is 15.7. The molecule has 1 aromatic carbocycles. The third-order valence-electron chi connectivity index (χ3n) is 4.74. The van der Waals surface area contributed by atoms with Crippen LogP contribution in [0.15, 0.2) is 35.5 Å². The summed E-state index contributed by atoms with van der Waals surface area (Å²) in [7, 11) is 0. The molecule has 26 heavy (non-hydrogen) atoms. The van der Waals surface area contributed by atoms with Crippen LogP contribution >= 0.6 is 11.8 Å². The van der Waals surface area contributed by atoms with Crippen molar-refractivity contribution in [2.45, 2.75) is 55.0 Å². The van der Waals surface area contributed by atoms with E-state index in [1.165, 1.54) is 11.8 Å². The number of aromatic nitrogens is 3. The first-order chi connectivity index (χ1) is 12.7. The monoisotopic (exact) mass is 372 g/mol. The molecule has 1 aliphatic heterocycles. The van der Waals surface area contributed by atoms with Crippen LogP contribution < -0.4 is 5.32 Å². The average molecular weight is 372 g/mol. The number of hydrogen-bond donors (Lipinski definition) is 1. The zero-order chi connectivity index (χ0) is 17.9. The second kappa shape index (κ2) is 7.80. The number of hydrogen-bond acceptors (Lipinski definition) is 5. The van der Waals surface area contributed by atoms with Crippen molar-refractivity contribution in [1.29, 1.82) is 0 Å². The molecule has 1 N–H and O–H groups in total. The molecule has 2 atom stereocenters. The van der Waals surface area contributed by atoms with Crippen LogP contribution in [-0.2, 0) is 9.53 Å². The number of nitrogens with one attached hydrogen (secondary N) is 1. The predicted octanol–water partition coefficient (Wildman–Crippen LogP) is 2.92. The number of ether oxygens (including phenoxy) is 1. The van der Waals surface area contributed by atoms with Crippen molar-refractivity contribution >= 4 is 17.7 Å². The van der Waals surface area contributed by atoms with Gasteiger partial charge in [0.2, 0.25) is 11.1 Å². The largest absolute Gasteiger partial charge is 0.376 e. The highest BCUT2D eigenvalue weighted by atomic mass is 32.2. The third kappa shape index (κ3) is 4.10. The number of nitrogens with zero attached hydrogens (tertiary/aromatic N) is 3. The Morgan fingerprint density at radius 3 is 2.85 bits per heavy atom. The molecule has 2 unspecified atom stereocenters. The number of rotatable bonds is 7. The van der Waals surface area contributed by atoms with Crippen molar-refractivity contribution in [3.63, 3.8) is 0 Å². The molecule has 1 saturated heterocycles. The van der Waals surface area contributed by atoms with Crippen molar-refractivity contribution < 1.29 is 9.53 Å². The van der Waals surface area contributed by atoms with Gasteiger partial charge in [0, 0.05) is 19.1 Å². The van der Waals surface area contributed by atoms with Gasteiger partial charge in [-0.05, 0) is 44.7 Å². The second-order valence-corrected chi connectivity index (χ2v) is 8.22. The van der Waals surface area contributed by atoms with Gasteiger partial charge in [0.25, 0.3) is 0 Å². The normalized spacial score (nSPS) is 20.9. The number of amides is 1. The van der Waals surface area contributed by atoms with Gasteiger partial charge in [-0.25, -0.2) is 9.67 Å². The van der Waals surface area contributed by atoms with Crippen molar-refractivity contribution in [3.05, 3.63) is 36.2 Å². The number of carbonyl (C=O) groups excluding carboxylic acids is 1. The second-order valence-electron chi connectivity index (χ2n) is 6.91. The first-order valence-corrected chi connectivity index (χ1v) is 10.2. The fourth-order valence-corrected chi connectivity index (χ4v) is 3.88. The topological polar surface area (TPSA) is 69.0 Å². The van der Waals surface area contributed by atoms with Gasteiger partial charge in [0.05, 0.1) is 17.0 Å². The molecule has 7 heteroatoms. The van der Waals surface area contributed by atoms with Crippen LogP contribution in [-0.4, -0.2) is 45.2 Å². The molecule has 1 amide bonds. The number of para-hydroxylation sites is 1. The van der Waals surface area contributed by atoms with Crippen LogP contribution in [0, 0.1) is 0 Å². The number of benzene rings is 1. The Balaban J connectivity index is 1.41. The van der Waals surface area contributed by atoms with Crippen molar-refractivity contribution in [1.82, 2.24) is 20.1 Å². The molecule has 2 aromatic rings. The van der Waals surface area contributed by atoms with Gasteiger partial charge < -0.3 is 10.1 Å². The summed E-state index contributed by atoms with van der Waals surface area (Å²) < 4.78 is 7.48. The average Bonchev–Trinajstić information content (AvgIpc) is 3.21. The van der Waals surface area contributed by atoms with E-state index in [0.717, 1.165) is 43.8 Å². The lowest BCUT2D eigenvalue weighted by Crippen LogP contribution is -2.36. The van der Waals surface area contributed by atoms with Gasteiger partial charge in [0.15, 0.2) is 0 Å². The Morgan fingerprint density at radius 2 is 2.15 bits per heavy atom. The maximum absolute atomic E-state index is 12.4. The highest BCUT2D eigenvalue weighted by molar-refractivity contribution is 8.00. The van der Waals surface area contributed by atoms with Crippen LogP contribution in [0.25, 0.3) is 5.69 Å². The SMILES string of the molecule is CC(Sc1nc(C2CC2)n(-c2ccccc2)n1)C(=O)NCC1CCCO1. The Morgan fingerprint density at radius 1 is 1.35 bits per heavy atom. The summed E-state index contributed by atoms with van der Waals surface area (Å²) in [5.41, 5.74) is 1.02. The minimum absolute atomic E-state index is 0.00883. The summed E-state index contributed by atoms with van der Waals surface area (Å²) in [6.45, 7) is 3.29. The molecule has 2 aliphatic rings. The van der Waals surface area contributed by atoms with E-state index in [0.29, 0.717) is 17.6 Å². The van der Waals surface area contributed by atoms with Gasteiger partial charge in [-0.15, -0.1) is 5.10 Å². The van der Waals surface area contributed by atoms with E-state index in [9.17, 15) is 4.79 Å². The van der Waals surface area contributed by atoms with Crippen LogP contribution in [0.1, 0.15) is 44.3 Å². The summed E-state index contributed by atoms with van der Waals surface area (Å²) in [5.74, 6) is 1.50. The molecular formula is C19H24N4O2S. The smallest absolute Gasteiger partial charge is 0.233 e. The van der Waals surface area contributed by atoms with Crippen LogP contribution in [0.3, 0.4) is 0 Å². The maximum atomic E-state index is 12.4. The Bertz CT molecular complexity index is 754. The van der Waals surface area contributed by atoms with Crippen LogP contribution in [0.2, 0.25) is 0 Å². The zero-order valence-electron chi connectivity index (χ0n) is 14.9. The van der Waals surface area contributed by atoms with Gasteiger partial charge in [-0.3, -0.25) is 4.79 Å². The van der Waals surface area contributed by atoms with E-state index < -0.39 is 0 Å². The lowest BCUT2D eigenvalue weighted by Gasteiger charge is -2.13. The molecule has 0 bridgehead atoms. The van der Waals surface area contributed by atoms with E-state index in [2.05, 4.69) is 10.4 Å². The van der Waals surface area contributed by atoms with E-state index in [-0.39, 0.29) is 17.3 Å². The molecule has 4 rings (SSSR count). The molecule has 2 heterocycles. The van der Waals surface area contributed by atoms with E-state index in [1.54, 1.807) is 0 Å². The van der Waals surface area contributed by atoms with Crippen LogP contribution in [0.4, 0.5) is 0 Å². The van der Waals surface area contributed by atoms with Crippen LogP contribution in [0.5, 0.6) is 0 Å². The standard InChI is InChI=1S/C19H24N4O2S/c1-13(18(24)20-12-16-8-5-11-25-16)26-19-21-17(14-9-10-14)23(22-19)15-6-3-2-4-7-15/h2-4,6-7,13-14,16H,5,8-12H2,1H3,(H,20,24). The van der Waals surface area contributed by atoms with Gasteiger partial charge in [0.1, 0.15) is 5.82 Å². The molecule has 0 spiro atoms. The van der Waals surface area contributed by atoms with Crippen molar-refractivity contribution in [2.75, 3.05) is 13.2 Å². The van der Waals surface area contributed by atoms with Crippen molar-refractivity contribution in [3.8, 4) is 5.69 Å². The molecule has 138 valence electrons. The highest BCUT2D eigenvalue weighted by Crippen LogP contribution is 2.40. The molecule has 1 saturated carbocycles. The van der Waals surface area contributed by atoms with Crippen molar-refractivity contribution in [2.24, 2.45) is 0 Å². The van der Waals surface area contributed by atoms with E-state index in [1.807, 2.05) is 41.9 Å². The highest BCUT2D eigenvalue weighted by Gasteiger charge is 2.31. The fraction of sp³-hybridized carbons (Fsp3) is 0.526. The number of carbonyl (C=O) groups is 1. The molecular weight excluding hydrogens is 348 g/mol.